The number of para-hydroxylation sites is 1. The highest BCUT2D eigenvalue weighted by Gasteiger charge is 2.06. The number of aliphatic hydroxyl groups is 1. The van der Waals surface area contributed by atoms with Crippen LogP contribution in [0.25, 0.3) is 0 Å². The van der Waals surface area contributed by atoms with Crippen LogP contribution in [0.15, 0.2) is 54.6 Å². The zero-order chi connectivity index (χ0) is 20.9. The van der Waals surface area contributed by atoms with Crippen molar-refractivity contribution in [2.24, 2.45) is 0 Å². The van der Waals surface area contributed by atoms with Crippen LogP contribution in [0, 0.1) is 0 Å². The summed E-state index contributed by atoms with van der Waals surface area (Å²) in [5.41, 5.74) is 0. The van der Waals surface area contributed by atoms with Crippen molar-refractivity contribution >= 4 is 5.91 Å². The number of ether oxygens (including phenoxy) is 3. The number of aliphatic hydroxyl groups excluding tert-OH is 1. The number of carbonyl (C=O) groups is 1. The van der Waals surface area contributed by atoms with Gasteiger partial charge in [-0.3, -0.25) is 4.79 Å². The molecular formula is C22H30N2O5. The van der Waals surface area contributed by atoms with Gasteiger partial charge in [0, 0.05) is 19.1 Å². The van der Waals surface area contributed by atoms with Crippen molar-refractivity contribution < 1.29 is 24.1 Å². The summed E-state index contributed by atoms with van der Waals surface area (Å²) in [4.78, 5) is 11.6. The fourth-order valence-corrected chi connectivity index (χ4v) is 2.42. The second kappa shape index (κ2) is 12.6. The minimum Gasteiger partial charge on any atom is -0.492 e. The van der Waals surface area contributed by atoms with Gasteiger partial charge in [0.15, 0.2) is 6.61 Å². The van der Waals surface area contributed by atoms with E-state index in [-0.39, 0.29) is 25.2 Å². The van der Waals surface area contributed by atoms with Crippen molar-refractivity contribution in [3.63, 3.8) is 0 Å². The second-order valence-corrected chi connectivity index (χ2v) is 6.81. The fourth-order valence-electron chi connectivity index (χ4n) is 2.42. The molecule has 29 heavy (non-hydrogen) atoms. The third kappa shape index (κ3) is 9.82. The molecule has 1 atom stereocenters. The number of rotatable bonds is 13. The molecule has 0 heterocycles. The van der Waals surface area contributed by atoms with E-state index in [9.17, 15) is 9.90 Å². The predicted octanol–water partition coefficient (Wildman–Crippen LogP) is 2.00. The molecule has 2 rings (SSSR count). The van der Waals surface area contributed by atoms with Gasteiger partial charge in [-0.15, -0.1) is 0 Å². The van der Waals surface area contributed by atoms with Crippen molar-refractivity contribution in [3.05, 3.63) is 54.6 Å². The standard InChI is InChI=1S/C22H30N2O5/c1-17(2)24-22(26)16-29-21-10-8-20(9-11-21)27-13-12-23-14-18(25)15-28-19-6-4-3-5-7-19/h3-11,17-18,23,25H,12-16H2,1-2H3,(H,24,26). The Morgan fingerprint density at radius 3 is 2.21 bits per heavy atom. The lowest BCUT2D eigenvalue weighted by Gasteiger charge is -2.14. The summed E-state index contributed by atoms with van der Waals surface area (Å²) >= 11 is 0. The lowest BCUT2D eigenvalue weighted by atomic mass is 10.3. The lowest BCUT2D eigenvalue weighted by Crippen LogP contribution is -2.34. The summed E-state index contributed by atoms with van der Waals surface area (Å²) in [6, 6.07) is 16.6. The molecule has 0 aliphatic rings. The molecule has 1 amide bonds. The Labute approximate surface area is 172 Å². The average molecular weight is 402 g/mol. The maximum Gasteiger partial charge on any atom is 0.258 e. The second-order valence-electron chi connectivity index (χ2n) is 6.81. The molecule has 0 aromatic heterocycles. The van der Waals surface area contributed by atoms with Crippen molar-refractivity contribution in [1.82, 2.24) is 10.6 Å². The first-order chi connectivity index (χ1) is 14.0. The number of carbonyl (C=O) groups excluding carboxylic acids is 1. The lowest BCUT2D eigenvalue weighted by molar-refractivity contribution is -0.123. The highest BCUT2D eigenvalue weighted by molar-refractivity contribution is 5.77. The van der Waals surface area contributed by atoms with Gasteiger partial charge in [-0.2, -0.15) is 0 Å². The van der Waals surface area contributed by atoms with Crippen LogP contribution in [0.4, 0.5) is 0 Å². The van der Waals surface area contributed by atoms with Gasteiger partial charge in [0.05, 0.1) is 0 Å². The van der Waals surface area contributed by atoms with Gasteiger partial charge in [-0.25, -0.2) is 0 Å². The molecule has 0 radical (unpaired) electrons. The van der Waals surface area contributed by atoms with Crippen molar-refractivity contribution in [2.45, 2.75) is 26.0 Å². The largest absolute Gasteiger partial charge is 0.492 e. The number of hydrogen-bond acceptors (Lipinski definition) is 6. The van der Waals surface area contributed by atoms with Crippen LogP contribution < -0.4 is 24.8 Å². The first-order valence-electron chi connectivity index (χ1n) is 9.74. The molecule has 1 unspecified atom stereocenters. The van der Waals surface area contributed by atoms with Crippen LogP contribution in [0.3, 0.4) is 0 Å². The van der Waals surface area contributed by atoms with Gasteiger partial charge in [0.25, 0.3) is 5.91 Å². The van der Waals surface area contributed by atoms with Crippen molar-refractivity contribution in [3.8, 4) is 17.2 Å². The Hall–Kier alpha value is -2.77. The molecule has 7 heteroatoms. The molecule has 3 N–H and O–H groups in total. The summed E-state index contributed by atoms with van der Waals surface area (Å²) in [6.07, 6.45) is -0.598. The van der Waals surface area contributed by atoms with E-state index < -0.39 is 6.10 Å². The topological polar surface area (TPSA) is 89.1 Å². The fraction of sp³-hybridized carbons (Fsp3) is 0.409. The Morgan fingerprint density at radius 2 is 1.55 bits per heavy atom. The van der Waals surface area contributed by atoms with Crippen LogP contribution in [-0.4, -0.2) is 56.1 Å². The molecule has 0 saturated carbocycles. The molecule has 2 aromatic rings. The van der Waals surface area contributed by atoms with Crippen molar-refractivity contribution in [1.29, 1.82) is 0 Å². The molecular weight excluding hydrogens is 372 g/mol. The van der Waals surface area contributed by atoms with E-state index in [1.165, 1.54) is 0 Å². The third-order valence-corrected chi connectivity index (χ3v) is 3.76. The summed E-state index contributed by atoms with van der Waals surface area (Å²) in [6.45, 7) is 5.49. The molecule has 0 fully saturated rings. The van der Waals surface area contributed by atoms with Crippen LogP contribution in [0.2, 0.25) is 0 Å². The maximum absolute atomic E-state index is 11.6. The number of amides is 1. The van der Waals surface area contributed by atoms with Gasteiger partial charge < -0.3 is 30.0 Å². The third-order valence-electron chi connectivity index (χ3n) is 3.76. The normalized spacial score (nSPS) is 11.7. The molecule has 0 aliphatic carbocycles. The molecule has 0 bridgehead atoms. The van der Waals surface area contributed by atoms with E-state index in [0.29, 0.717) is 31.2 Å². The summed E-state index contributed by atoms with van der Waals surface area (Å²) < 4.78 is 16.6. The zero-order valence-electron chi connectivity index (χ0n) is 17.0. The van der Waals surface area contributed by atoms with Gasteiger partial charge in [-0.1, -0.05) is 18.2 Å². The summed E-state index contributed by atoms with van der Waals surface area (Å²) in [5, 5.41) is 15.8. The Morgan fingerprint density at radius 1 is 0.931 bits per heavy atom. The monoisotopic (exact) mass is 402 g/mol. The van der Waals surface area contributed by atoms with Gasteiger partial charge >= 0.3 is 0 Å². The number of hydrogen-bond donors (Lipinski definition) is 3. The van der Waals surface area contributed by atoms with E-state index >= 15 is 0 Å². The van der Waals surface area contributed by atoms with Gasteiger partial charge in [0.2, 0.25) is 0 Å². The predicted molar refractivity (Wildman–Crippen MR) is 112 cm³/mol. The molecule has 0 spiro atoms. The average Bonchev–Trinajstić information content (AvgIpc) is 2.71. The molecule has 7 nitrogen and oxygen atoms in total. The SMILES string of the molecule is CC(C)NC(=O)COc1ccc(OCCNCC(O)COc2ccccc2)cc1. The first-order valence-corrected chi connectivity index (χ1v) is 9.74. The first kappa shape index (κ1) is 22.5. The zero-order valence-corrected chi connectivity index (χ0v) is 17.0. The van der Waals surface area contributed by atoms with E-state index in [4.69, 9.17) is 14.2 Å². The number of nitrogens with one attached hydrogen (secondary N) is 2. The Balaban J connectivity index is 1.55. The molecule has 0 saturated heterocycles. The Kier molecular flexibility index (Phi) is 9.82. The highest BCUT2D eigenvalue weighted by Crippen LogP contribution is 2.17. The summed E-state index contributed by atoms with van der Waals surface area (Å²) in [7, 11) is 0. The molecule has 0 aliphatic heterocycles. The summed E-state index contributed by atoms with van der Waals surface area (Å²) in [5.74, 6) is 1.90. The highest BCUT2D eigenvalue weighted by atomic mass is 16.5. The van der Waals surface area contributed by atoms with Crippen LogP contribution in [-0.2, 0) is 4.79 Å². The van der Waals surface area contributed by atoms with Crippen molar-refractivity contribution in [2.75, 3.05) is 32.9 Å². The van der Waals surface area contributed by atoms with E-state index in [2.05, 4.69) is 10.6 Å². The van der Waals surface area contributed by atoms with E-state index in [1.54, 1.807) is 24.3 Å². The molecule has 158 valence electrons. The minimum atomic E-state index is -0.598. The molecule has 2 aromatic carbocycles. The van der Waals surface area contributed by atoms with Crippen LogP contribution in [0.1, 0.15) is 13.8 Å². The smallest absolute Gasteiger partial charge is 0.258 e. The van der Waals surface area contributed by atoms with Crippen LogP contribution >= 0.6 is 0 Å². The van der Waals surface area contributed by atoms with E-state index in [0.717, 1.165) is 5.75 Å². The maximum atomic E-state index is 11.6. The Bertz CT molecular complexity index is 707. The van der Waals surface area contributed by atoms with Gasteiger partial charge in [-0.05, 0) is 50.2 Å². The van der Waals surface area contributed by atoms with E-state index in [1.807, 2.05) is 44.2 Å². The number of benzene rings is 2. The van der Waals surface area contributed by atoms with Crippen LogP contribution in [0.5, 0.6) is 17.2 Å². The van der Waals surface area contributed by atoms with Gasteiger partial charge in [0.1, 0.15) is 36.6 Å². The quantitative estimate of drug-likeness (QED) is 0.444. The minimum absolute atomic E-state index is 0.0153.